The van der Waals surface area contributed by atoms with Gasteiger partial charge in [-0.1, -0.05) is 49.6 Å². The molecule has 0 spiro atoms. The van der Waals surface area contributed by atoms with E-state index in [9.17, 15) is 9.59 Å². The van der Waals surface area contributed by atoms with Crippen LogP contribution >= 0.6 is 0 Å². The Hall–Kier alpha value is -2.86. The Balaban J connectivity index is 1.13. The lowest BCUT2D eigenvalue weighted by Crippen LogP contribution is -2.50. The van der Waals surface area contributed by atoms with Crippen LogP contribution in [0.5, 0.6) is 0 Å². The molecule has 0 unspecified atom stereocenters. The standard InChI is InChI=1S/C28H35N3O3/c1-20-6-5-9-23-19-34-28(33)31(27(20)23)25-14-16-30(17-15-25)18-26(32)29-24-12-10-22(11-13-24)21-7-3-2-4-8-21/h5-6,9-13,21,25H,2-4,7-8,14-19H2,1H3,(H,29,32). The van der Waals surface area contributed by atoms with Crippen molar-refractivity contribution in [1.82, 2.24) is 4.90 Å². The molecular formula is C28H35N3O3. The number of amides is 2. The molecule has 0 aromatic heterocycles. The van der Waals surface area contributed by atoms with Gasteiger partial charge in [0.05, 0.1) is 12.2 Å². The van der Waals surface area contributed by atoms with Crippen molar-refractivity contribution in [3.05, 3.63) is 59.2 Å². The maximum absolute atomic E-state index is 12.7. The van der Waals surface area contributed by atoms with E-state index in [1.807, 2.05) is 42.2 Å². The van der Waals surface area contributed by atoms with Crippen molar-refractivity contribution < 1.29 is 14.3 Å². The van der Waals surface area contributed by atoms with Crippen molar-refractivity contribution in [2.75, 3.05) is 29.9 Å². The number of likely N-dealkylation sites (tertiary alicyclic amines) is 1. The lowest BCUT2D eigenvalue weighted by Gasteiger charge is -2.40. The summed E-state index contributed by atoms with van der Waals surface area (Å²) in [6.07, 6.45) is 7.96. The highest BCUT2D eigenvalue weighted by Gasteiger charge is 2.35. The van der Waals surface area contributed by atoms with Crippen molar-refractivity contribution in [2.45, 2.75) is 70.4 Å². The minimum atomic E-state index is -0.255. The Morgan fingerprint density at radius 3 is 2.47 bits per heavy atom. The van der Waals surface area contributed by atoms with Gasteiger partial charge in [-0.05, 0) is 61.8 Å². The molecule has 2 amide bonds. The number of nitrogens with one attached hydrogen (secondary N) is 1. The maximum atomic E-state index is 12.7. The summed E-state index contributed by atoms with van der Waals surface area (Å²) in [5, 5.41) is 3.06. The van der Waals surface area contributed by atoms with Gasteiger partial charge in [0.25, 0.3) is 0 Å². The largest absolute Gasteiger partial charge is 0.444 e. The molecule has 34 heavy (non-hydrogen) atoms. The minimum absolute atomic E-state index is 0.0161. The van der Waals surface area contributed by atoms with E-state index in [1.54, 1.807) is 0 Å². The lowest BCUT2D eigenvalue weighted by molar-refractivity contribution is -0.117. The number of ether oxygens (including phenoxy) is 1. The molecular weight excluding hydrogens is 426 g/mol. The first-order chi connectivity index (χ1) is 16.6. The molecule has 5 rings (SSSR count). The van der Waals surface area contributed by atoms with Crippen LogP contribution in [0.4, 0.5) is 16.2 Å². The van der Waals surface area contributed by atoms with Crippen LogP contribution in [-0.2, 0) is 16.1 Å². The van der Waals surface area contributed by atoms with Crippen LogP contribution in [-0.4, -0.2) is 42.6 Å². The number of hydrogen-bond donors (Lipinski definition) is 1. The number of nitrogens with zero attached hydrogens (tertiary/aromatic N) is 2. The third-order valence-electron chi connectivity index (χ3n) is 7.67. The first kappa shape index (κ1) is 22.9. The fourth-order valence-corrected chi connectivity index (χ4v) is 5.83. The number of hydrogen-bond acceptors (Lipinski definition) is 4. The number of piperidine rings is 1. The second-order valence-electron chi connectivity index (χ2n) is 10.0. The number of rotatable bonds is 5. The first-order valence-electron chi connectivity index (χ1n) is 12.7. The van der Waals surface area contributed by atoms with Crippen molar-refractivity contribution in [2.24, 2.45) is 0 Å². The smallest absolute Gasteiger partial charge is 0.414 e. The van der Waals surface area contributed by atoms with Gasteiger partial charge in [-0.15, -0.1) is 0 Å². The number of para-hydroxylation sites is 1. The van der Waals surface area contributed by atoms with E-state index >= 15 is 0 Å². The number of cyclic esters (lactones) is 1. The molecule has 2 aromatic carbocycles. The van der Waals surface area contributed by atoms with E-state index in [4.69, 9.17) is 4.74 Å². The fraction of sp³-hybridized carbons (Fsp3) is 0.500. The summed E-state index contributed by atoms with van der Waals surface area (Å²) in [6.45, 7) is 4.32. The summed E-state index contributed by atoms with van der Waals surface area (Å²) in [5.41, 5.74) is 5.43. The monoisotopic (exact) mass is 461 g/mol. The molecule has 6 heteroatoms. The van der Waals surface area contributed by atoms with Crippen molar-refractivity contribution in [3.63, 3.8) is 0 Å². The number of carbonyl (C=O) groups is 2. The Morgan fingerprint density at radius 2 is 1.74 bits per heavy atom. The summed E-state index contributed by atoms with van der Waals surface area (Å²) >= 11 is 0. The molecule has 1 saturated carbocycles. The number of aryl methyl sites for hydroxylation is 1. The minimum Gasteiger partial charge on any atom is -0.444 e. The van der Waals surface area contributed by atoms with E-state index in [-0.39, 0.29) is 18.0 Å². The lowest BCUT2D eigenvalue weighted by atomic mass is 9.84. The van der Waals surface area contributed by atoms with Gasteiger partial charge >= 0.3 is 6.09 Å². The molecule has 2 fully saturated rings. The molecule has 3 aliphatic rings. The Bertz CT molecular complexity index is 1020. The van der Waals surface area contributed by atoms with E-state index in [0.717, 1.165) is 48.4 Å². The summed E-state index contributed by atoms with van der Waals surface area (Å²) in [6, 6.07) is 14.6. The topological polar surface area (TPSA) is 61.9 Å². The van der Waals surface area contributed by atoms with Crippen molar-refractivity contribution in [1.29, 1.82) is 0 Å². The van der Waals surface area contributed by atoms with Crippen LogP contribution in [0.25, 0.3) is 0 Å². The average Bonchev–Trinajstić information content (AvgIpc) is 2.86. The highest BCUT2D eigenvalue weighted by Crippen LogP contribution is 2.35. The van der Waals surface area contributed by atoms with E-state index in [1.165, 1.54) is 37.7 Å². The van der Waals surface area contributed by atoms with Crippen LogP contribution in [0, 0.1) is 6.92 Å². The zero-order valence-electron chi connectivity index (χ0n) is 20.1. The van der Waals surface area contributed by atoms with Crippen LogP contribution in [0.2, 0.25) is 0 Å². The van der Waals surface area contributed by atoms with Gasteiger partial charge in [-0.2, -0.15) is 0 Å². The van der Waals surface area contributed by atoms with Gasteiger partial charge in [-0.3, -0.25) is 14.6 Å². The molecule has 2 aliphatic heterocycles. The van der Waals surface area contributed by atoms with Gasteiger partial charge in [-0.25, -0.2) is 4.79 Å². The molecule has 2 heterocycles. The second kappa shape index (κ2) is 10.2. The highest BCUT2D eigenvalue weighted by atomic mass is 16.6. The van der Waals surface area contributed by atoms with E-state index < -0.39 is 0 Å². The Morgan fingerprint density at radius 1 is 1.00 bits per heavy atom. The maximum Gasteiger partial charge on any atom is 0.414 e. The zero-order chi connectivity index (χ0) is 23.5. The molecule has 0 atom stereocenters. The summed E-state index contributed by atoms with van der Waals surface area (Å²) < 4.78 is 5.44. The normalized spacial score (nSPS) is 20.0. The molecule has 1 aliphatic carbocycles. The van der Waals surface area contributed by atoms with Crippen LogP contribution in [0.3, 0.4) is 0 Å². The molecule has 0 bridgehead atoms. The van der Waals surface area contributed by atoms with Gasteiger partial charge in [0.1, 0.15) is 6.61 Å². The highest BCUT2D eigenvalue weighted by molar-refractivity contribution is 5.93. The Kier molecular flexibility index (Phi) is 6.86. The van der Waals surface area contributed by atoms with Crippen molar-refractivity contribution >= 4 is 23.4 Å². The predicted molar refractivity (Wildman–Crippen MR) is 134 cm³/mol. The SMILES string of the molecule is Cc1cccc2c1N(C1CCN(CC(=O)Nc3ccc(C4CCCCC4)cc3)CC1)C(=O)OC2. The van der Waals surface area contributed by atoms with Crippen LogP contribution in [0.15, 0.2) is 42.5 Å². The summed E-state index contributed by atoms with van der Waals surface area (Å²) in [4.78, 5) is 29.3. The molecule has 1 N–H and O–H groups in total. The first-order valence-corrected chi connectivity index (χ1v) is 12.7. The summed E-state index contributed by atoms with van der Waals surface area (Å²) in [5.74, 6) is 0.690. The summed E-state index contributed by atoms with van der Waals surface area (Å²) in [7, 11) is 0. The number of carbonyl (C=O) groups excluding carboxylic acids is 2. The van der Waals surface area contributed by atoms with Crippen molar-refractivity contribution in [3.8, 4) is 0 Å². The second-order valence-corrected chi connectivity index (χ2v) is 10.0. The number of benzene rings is 2. The van der Waals surface area contributed by atoms with Crippen LogP contribution in [0.1, 0.15) is 67.6 Å². The zero-order valence-corrected chi connectivity index (χ0v) is 20.1. The van der Waals surface area contributed by atoms with Gasteiger partial charge in [0, 0.05) is 30.4 Å². The molecule has 2 aromatic rings. The van der Waals surface area contributed by atoms with Gasteiger partial charge in [0.2, 0.25) is 5.91 Å². The fourth-order valence-electron chi connectivity index (χ4n) is 5.83. The van der Waals surface area contributed by atoms with Crippen LogP contribution < -0.4 is 10.2 Å². The molecule has 1 saturated heterocycles. The van der Waals surface area contributed by atoms with E-state index in [0.29, 0.717) is 19.1 Å². The molecule has 0 radical (unpaired) electrons. The molecule has 180 valence electrons. The average molecular weight is 462 g/mol. The number of anilines is 2. The Labute approximate surface area is 202 Å². The van der Waals surface area contributed by atoms with E-state index in [2.05, 4.69) is 22.3 Å². The third-order valence-corrected chi connectivity index (χ3v) is 7.67. The number of fused-ring (bicyclic) bond motifs is 1. The van der Waals surface area contributed by atoms with Gasteiger partial charge < -0.3 is 10.1 Å². The third kappa shape index (κ3) is 4.97. The molecule has 6 nitrogen and oxygen atoms in total. The van der Waals surface area contributed by atoms with Gasteiger partial charge in [0.15, 0.2) is 0 Å². The quantitative estimate of drug-likeness (QED) is 0.629. The predicted octanol–water partition coefficient (Wildman–Crippen LogP) is 5.60.